The van der Waals surface area contributed by atoms with Crippen LogP contribution in [-0.2, 0) is 13.0 Å². The van der Waals surface area contributed by atoms with Crippen LogP contribution in [0.3, 0.4) is 0 Å². The molecule has 0 aliphatic carbocycles. The number of halogens is 1. The van der Waals surface area contributed by atoms with Crippen molar-refractivity contribution in [1.29, 1.82) is 0 Å². The van der Waals surface area contributed by atoms with E-state index < -0.39 is 0 Å². The monoisotopic (exact) mass is 321 g/mol. The summed E-state index contributed by atoms with van der Waals surface area (Å²) in [6.07, 6.45) is 1.13. The van der Waals surface area contributed by atoms with Gasteiger partial charge in [-0.15, -0.1) is 11.3 Å². The Bertz CT molecular complexity index is 685. The third-order valence-corrected chi connectivity index (χ3v) is 5.55. The number of fused-ring (bicyclic) bond motifs is 2. The fourth-order valence-electron chi connectivity index (χ4n) is 3.12. The Morgan fingerprint density at radius 1 is 1.38 bits per heavy atom. The van der Waals surface area contributed by atoms with Crippen LogP contribution >= 0.6 is 22.9 Å². The molecule has 0 N–H and O–H groups in total. The lowest BCUT2D eigenvalue weighted by atomic mass is 10.0. The third kappa shape index (κ3) is 2.31. The smallest absolute Gasteiger partial charge is 0.231 e. The summed E-state index contributed by atoms with van der Waals surface area (Å²) in [5.74, 6) is 1.44. The number of benzene rings is 1. The molecule has 0 radical (unpaired) electrons. The van der Waals surface area contributed by atoms with E-state index in [1.54, 1.807) is 0 Å². The average Bonchev–Trinajstić information content (AvgIpc) is 3.10. The van der Waals surface area contributed by atoms with Gasteiger partial charge < -0.3 is 9.47 Å². The van der Waals surface area contributed by atoms with Crippen LogP contribution in [0.15, 0.2) is 23.6 Å². The van der Waals surface area contributed by atoms with Crippen molar-refractivity contribution >= 4 is 22.9 Å². The molecule has 3 nitrogen and oxygen atoms in total. The van der Waals surface area contributed by atoms with Crippen LogP contribution in [0.1, 0.15) is 29.0 Å². The predicted molar refractivity (Wildman–Crippen MR) is 84.4 cm³/mol. The summed E-state index contributed by atoms with van der Waals surface area (Å²) in [6, 6.07) is 6.74. The fraction of sp³-hybridized carbons (Fsp3) is 0.375. The van der Waals surface area contributed by atoms with Crippen molar-refractivity contribution in [2.45, 2.75) is 25.9 Å². The minimum Gasteiger partial charge on any atom is -0.454 e. The van der Waals surface area contributed by atoms with Gasteiger partial charge in [-0.1, -0.05) is 11.6 Å². The summed E-state index contributed by atoms with van der Waals surface area (Å²) in [4.78, 5) is 4.02. The molecular weight excluding hydrogens is 306 g/mol. The van der Waals surface area contributed by atoms with E-state index in [9.17, 15) is 0 Å². The highest BCUT2D eigenvalue weighted by molar-refractivity contribution is 7.10. The first-order valence-corrected chi connectivity index (χ1v) is 8.36. The predicted octanol–water partition coefficient (Wildman–Crippen LogP) is 4.25. The van der Waals surface area contributed by atoms with Crippen molar-refractivity contribution in [2.24, 2.45) is 0 Å². The lowest BCUT2D eigenvalue weighted by Crippen LogP contribution is -2.32. The van der Waals surface area contributed by atoms with Gasteiger partial charge in [-0.05, 0) is 48.1 Å². The maximum Gasteiger partial charge on any atom is 0.231 e. The van der Waals surface area contributed by atoms with Gasteiger partial charge in [0.15, 0.2) is 11.5 Å². The topological polar surface area (TPSA) is 21.7 Å². The van der Waals surface area contributed by atoms with Gasteiger partial charge in [-0.25, -0.2) is 0 Å². The van der Waals surface area contributed by atoms with Gasteiger partial charge in [0.1, 0.15) is 0 Å². The molecule has 1 aromatic carbocycles. The summed E-state index contributed by atoms with van der Waals surface area (Å²) >= 11 is 8.14. The highest BCUT2D eigenvalue weighted by atomic mass is 35.5. The molecule has 0 saturated carbocycles. The molecule has 0 bridgehead atoms. The third-order valence-electron chi connectivity index (χ3n) is 4.28. The average molecular weight is 322 g/mol. The van der Waals surface area contributed by atoms with E-state index in [1.165, 1.54) is 16.0 Å². The van der Waals surface area contributed by atoms with E-state index in [4.69, 9.17) is 21.1 Å². The molecule has 0 saturated heterocycles. The maximum absolute atomic E-state index is 6.27. The van der Waals surface area contributed by atoms with Gasteiger partial charge in [-0.2, -0.15) is 0 Å². The zero-order valence-corrected chi connectivity index (χ0v) is 13.3. The molecule has 3 heterocycles. The van der Waals surface area contributed by atoms with E-state index in [0.29, 0.717) is 16.8 Å². The van der Waals surface area contributed by atoms with E-state index in [1.807, 2.05) is 23.5 Å². The second kappa shape index (κ2) is 5.20. The number of rotatable bonds is 2. The number of hydrogen-bond acceptors (Lipinski definition) is 4. The van der Waals surface area contributed by atoms with Crippen molar-refractivity contribution in [1.82, 2.24) is 4.90 Å². The van der Waals surface area contributed by atoms with Crippen LogP contribution in [0.2, 0.25) is 5.02 Å². The molecule has 2 aliphatic heterocycles. The first-order chi connectivity index (χ1) is 10.2. The standard InChI is InChI=1S/C16H16ClNO2S/c1-10-12-3-5-21-15(12)2-4-18(10)8-11-6-13(17)16-14(7-11)19-9-20-16/h3,5-7,10H,2,4,8-9H2,1H3. The molecule has 110 valence electrons. The minimum absolute atomic E-state index is 0.261. The molecule has 21 heavy (non-hydrogen) atoms. The summed E-state index contributed by atoms with van der Waals surface area (Å²) in [6.45, 7) is 4.50. The van der Waals surface area contributed by atoms with Gasteiger partial charge >= 0.3 is 0 Å². The molecule has 0 spiro atoms. The summed E-state index contributed by atoms with van der Waals surface area (Å²) in [5.41, 5.74) is 2.65. The molecule has 2 aromatic rings. The molecule has 0 fully saturated rings. The van der Waals surface area contributed by atoms with Crippen molar-refractivity contribution < 1.29 is 9.47 Å². The van der Waals surface area contributed by atoms with Crippen LogP contribution in [0.25, 0.3) is 0 Å². The van der Waals surface area contributed by atoms with Crippen molar-refractivity contribution in [3.05, 3.63) is 44.6 Å². The Balaban J connectivity index is 1.58. The Labute approximate surface area is 133 Å². The van der Waals surface area contributed by atoms with Crippen LogP contribution in [-0.4, -0.2) is 18.2 Å². The zero-order chi connectivity index (χ0) is 14.4. The maximum atomic E-state index is 6.27. The van der Waals surface area contributed by atoms with Gasteiger partial charge in [0.05, 0.1) is 5.02 Å². The van der Waals surface area contributed by atoms with E-state index in [-0.39, 0.29) is 6.79 Å². The van der Waals surface area contributed by atoms with Crippen LogP contribution in [0.5, 0.6) is 11.5 Å². The highest BCUT2D eigenvalue weighted by Crippen LogP contribution is 2.41. The molecule has 4 rings (SSSR count). The second-order valence-corrected chi connectivity index (χ2v) is 6.91. The van der Waals surface area contributed by atoms with Crippen LogP contribution in [0.4, 0.5) is 0 Å². The molecule has 1 unspecified atom stereocenters. The SMILES string of the molecule is CC1c2ccsc2CCN1Cc1cc(Cl)c2c(c1)OCO2. The molecule has 5 heteroatoms. The van der Waals surface area contributed by atoms with Crippen LogP contribution in [0, 0.1) is 0 Å². The lowest BCUT2D eigenvalue weighted by molar-refractivity contribution is 0.173. The van der Waals surface area contributed by atoms with Crippen molar-refractivity contribution in [3.8, 4) is 11.5 Å². The van der Waals surface area contributed by atoms with E-state index in [0.717, 1.165) is 25.3 Å². The minimum atomic E-state index is 0.261. The molecule has 0 amide bonds. The normalized spacial score (nSPS) is 20.6. The molecule has 1 aromatic heterocycles. The number of thiophene rings is 1. The molecule has 1 atom stereocenters. The van der Waals surface area contributed by atoms with Gasteiger partial charge in [-0.3, -0.25) is 4.90 Å². The number of nitrogens with zero attached hydrogens (tertiary/aromatic N) is 1. The zero-order valence-electron chi connectivity index (χ0n) is 11.8. The second-order valence-electron chi connectivity index (χ2n) is 5.51. The number of hydrogen-bond donors (Lipinski definition) is 0. The van der Waals surface area contributed by atoms with Crippen molar-refractivity contribution in [3.63, 3.8) is 0 Å². The Morgan fingerprint density at radius 2 is 2.29 bits per heavy atom. The summed E-state index contributed by atoms with van der Waals surface area (Å²) in [7, 11) is 0. The fourth-order valence-corrected chi connectivity index (χ4v) is 4.37. The number of ether oxygens (including phenoxy) is 2. The lowest BCUT2D eigenvalue weighted by Gasteiger charge is -2.33. The van der Waals surface area contributed by atoms with Crippen LogP contribution < -0.4 is 9.47 Å². The van der Waals surface area contributed by atoms with Gasteiger partial charge in [0.25, 0.3) is 0 Å². The Kier molecular flexibility index (Phi) is 3.32. The van der Waals surface area contributed by atoms with Crippen molar-refractivity contribution in [2.75, 3.05) is 13.3 Å². The first-order valence-electron chi connectivity index (χ1n) is 7.10. The Hall–Kier alpha value is -1.23. The highest BCUT2D eigenvalue weighted by Gasteiger charge is 2.26. The largest absolute Gasteiger partial charge is 0.454 e. The molecular formula is C16H16ClNO2S. The summed E-state index contributed by atoms with van der Waals surface area (Å²) < 4.78 is 10.8. The van der Waals surface area contributed by atoms with E-state index >= 15 is 0 Å². The van der Waals surface area contributed by atoms with Gasteiger partial charge in [0, 0.05) is 24.0 Å². The van der Waals surface area contributed by atoms with Gasteiger partial charge in [0.2, 0.25) is 6.79 Å². The quantitative estimate of drug-likeness (QED) is 0.825. The van der Waals surface area contributed by atoms with E-state index in [2.05, 4.69) is 23.3 Å². The Morgan fingerprint density at radius 3 is 3.19 bits per heavy atom. The first kappa shape index (κ1) is 13.4. The summed E-state index contributed by atoms with van der Waals surface area (Å²) in [5, 5.41) is 2.84. The molecule has 2 aliphatic rings.